The van der Waals surface area contributed by atoms with Gasteiger partial charge in [0.05, 0.1) is 13.2 Å². The maximum absolute atomic E-state index is 12.8. The third-order valence-electron chi connectivity index (χ3n) is 16.0. The molecule has 2 atom stereocenters. The van der Waals surface area contributed by atoms with Crippen LogP contribution in [-0.4, -0.2) is 49.3 Å². The van der Waals surface area contributed by atoms with E-state index in [1.54, 1.807) is 0 Å². The molecule has 0 aliphatic rings. The fourth-order valence-electron chi connectivity index (χ4n) is 10.6. The lowest BCUT2D eigenvalue weighted by Crippen LogP contribution is -2.29. The maximum Gasteiger partial charge on any atom is 0.472 e. The first-order valence-corrected chi connectivity index (χ1v) is 38.2. The summed E-state index contributed by atoms with van der Waals surface area (Å²) >= 11 is 0. The number of esters is 2. The van der Waals surface area contributed by atoms with E-state index in [0.717, 1.165) is 89.9 Å². The summed E-state index contributed by atoms with van der Waals surface area (Å²) in [6, 6.07) is 0. The number of unbranched alkanes of at least 4 members (excludes halogenated alkanes) is 40. The average molecular weight is 1240 g/mol. The number of nitrogens with two attached hydrogens (primary N) is 1. The molecule has 0 bridgehead atoms. The Hall–Kier alpha value is -3.07. The standard InChI is InChI=1S/C77H138NO8P/c1-3-5-7-9-11-13-15-17-19-21-23-25-27-29-31-33-35-36-37-38-40-41-43-45-47-49-51-53-55-57-59-61-63-65-67-69-76(79)83-73-75(74-85-87(81,82)84-72-71-78)86-77(80)70-68-66-64-62-60-58-56-54-52-50-48-46-44-42-39-34-32-30-28-26-24-22-20-18-16-14-12-10-8-6-4-2/h6,8,12,14,18,20-21,23-24,26,30,32,39,42,46,48,75H,3-5,7,9-11,13,15-17,19,22,25,27-29,31,33-38,40-41,43-45,47,49-74,78H2,1-2H3,(H,81,82)/b8-6-,14-12-,20-18-,23-21-,26-24-,32-30-,42-39-,48-46-. The molecule has 0 saturated carbocycles. The Bertz CT molecular complexity index is 1750. The second-order valence-electron chi connectivity index (χ2n) is 24.4. The molecule has 87 heavy (non-hydrogen) atoms. The van der Waals surface area contributed by atoms with Crippen molar-refractivity contribution in [1.82, 2.24) is 0 Å². The van der Waals surface area contributed by atoms with Crippen molar-refractivity contribution in [1.29, 1.82) is 0 Å². The van der Waals surface area contributed by atoms with Crippen LogP contribution in [0.3, 0.4) is 0 Å². The molecule has 0 saturated heterocycles. The van der Waals surface area contributed by atoms with Crippen molar-refractivity contribution >= 4 is 19.8 Å². The largest absolute Gasteiger partial charge is 0.472 e. The minimum Gasteiger partial charge on any atom is -0.462 e. The summed E-state index contributed by atoms with van der Waals surface area (Å²) < 4.78 is 33.2. The van der Waals surface area contributed by atoms with Gasteiger partial charge in [0.2, 0.25) is 0 Å². The number of allylic oxidation sites excluding steroid dienone is 16. The van der Waals surface area contributed by atoms with E-state index >= 15 is 0 Å². The number of hydrogen-bond donors (Lipinski definition) is 2. The predicted octanol–water partition coefficient (Wildman–Crippen LogP) is 24.3. The van der Waals surface area contributed by atoms with Gasteiger partial charge in [-0.05, 0) is 96.3 Å². The second kappa shape index (κ2) is 72.0. The molecule has 3 N–H and O–H groups in total. The number of rotatable bonds is 69. The van der Waals surface area contributed by atoms with Gasteiger partial charge in [0.15, 0.2) is 6.10 Å². The molecule has 504 valence electrons. The maximum atomic E-state index is 12.8. The summed E-state index contributed by atoms with van der Waals surface area (Å²) in [6.07, 6.45) is 98.0. The highest BCUT2D eigenvalue weighted by Crippen LogP contribution is 2.43. The van der Waals surface area contributed by atoms with E-state index in [0.29, 0.717) is 6.42 Å². The number of carbonyl (C=O) groups excluding carboxylic acids is 2. The third-order valence-corrected chi connectivity index (χ3v) is 16.9. The Kier molecular flexibility index (Phi) is 69.5. The minimum atomic E-state index is -4.40. The molecule has 0 radical (unpaired) electrons. The van der Waals surface area contributed by atoms with Gasteiger partial charge in [-0.1, -0.05) is 336 Å². The van der Waals surface area contributed by atoms with E-state index in [9.17, 15) is 19.0 Å². The van der Waals surface area contributed by atoms with Gasteiger partial charge in [-0.25, -0.2) is 4.57 Å². The highest BCUT2D eigenvalue weighted by atomic mass is 31.2. The van der Waals surface area contributed by atoms with Crippen molar-refractivity contribution < 1.29 is 37.6 Å². The smallest absolute Gasteiger partial charge is 0.462 e. The molecular formula is C77H138NO8P. The Labute approximate surface area is 537 Å². The van der Waals surface area contributed by atoms with Gasteiger partial charge in [0.25, 0.3) is 0 Å². The van der Waals surface area contributed by atoms with Gasteiger partial charge in [-0.2, -0.15) is 0 Å². The lowest BCUT2D eigenvalue weighted by atomic mass is 10.0. The fourth-order valence-corrected chi connectivity index (χ4v) is 11.3. The summed E-state index contributed by atoms with van der Waals surface area (Å²) in [5.41, 5.74) is 5.41. The van der Waals surface area contributed by atoms with Crippen LogP contribution < -0.4 is 5.73 Å². The Morgan fingerprint density at radius 1 is 0.356 bits per heavy atom. The van der Waals surface area contributed by atoms with Crippen LogP contribution >= 0.6 is 7.82 Å². The highest BCUT2D eigenvalue weighted by Gasteiger charge is 2.26. The molecular weight excluding hydrogens is 1100 g/mol. The molecule has 0 rings (SSSR count). The number of phosphoric acid groups is 1. The first kappa shape index (κ1) is 83.9. The topological polar surface area (TPSA) is 134 Å². The van der Waals surface area contributed by atoms with E-state index in [1.807, 2.05) is 0 Å². The lowest BCUT2D eigenvalue weighted by Gasteiger charge is -2.19. The number of hydrogen-bond acceptors (Lipinski definition) is 8. The molecule has 0 aromatic heterocycles. The predicted molar refractivity (Wildman–Crippen MR) is 376 cm³/mol. The van der Waals surface area contributed by atoms with Crippen LogP contribution in [0.25, 0.3) is 0 Å². The Morgan fingerprint density at radius 2 is 0.632 bits per heavy atom. The fraction of sp³-hybridized carbons (Fsp3) is 0.766. The first-order valence-electron chi connectivity index (χ1n) is 36.7. The van der Waals surface area contributed by atoms with Crippen molar-refractivity contribution in [3.63, 3.8) is 0 Å². The zero-order chi connectivity index (χ0) is 63.0. The molecule has 0 aliphatic heterocycles. The van der Waals surface area contributed by atoms with Crippen LogP contribution in [0.5, 0.6) is 0 Å². The zero-order valence-electron chi connectivity index (χ0n) is 56.7. The van der Waals surface area contributed by atoms with Crippen LogP contribution in [0.15, 0.2) is 97.2 Å². The van der Waals surface area contributed by atoms with Crippen molar-refractivity contribution in [2.45, 2.75) is 354 Å². The van der Waals surface area contributed by atoms with Crippen LogP contribution in [0.1, 0.15) is 348 Å². The summed E-state index contributed by atoms with van der Waals surface area (Å²) in [7, 11) is -4.40. The molecule has 0 aromatic carbocycles. The van der Waals surface area contributed by atoms with Crippen LogP contribution in [0.4, 0.5) is 0 Å². The van der Waals surface area contributed by atoms with Crippen LogP contribution in [0, 0.1) is 0 Å². The van der Waals surface area contributed by atoms with Gasteiger partial charge < -0.3 is 20.1 Å². The van der Waals surface area contributed by atoms with Gasteiger partial charge in [-0.15, -0.1) is 0 Å². The molecule has 0 aromatic rings. The normalized spacial score (nSPS) is 13.5. The summed E-state index contributed by atoms with van der Waals surface area (Å²) in [5.74, 6) is -0.825. The van der Waals surface area contributed by atoms with Crippen molar-refractivity contribution in [2.75, 3.05) is 26.4 Å². The summed E-state index contributed by atoms with van der Waals surface area (Å²) in [5, 5.41) is 0. The molecule has 9 nitrogen and oxygen atoms in total. The quantitative estimate of drug-likeness (QED) is 0.0264. The van der Waals surface area contributed by atoms with Crippen LogP contribution in [0.2, 0.25) is 0 Å². The van der Waals surface area contributed by atoms with Crippen molar-refractivity contribution in [2.24, 2.45) is 5.73 Å². The molecule has 0 fully saturated rings. The van der Waals surface area contributed by atoms with E-state index in [2.05, 4.69) is 111 Å². The lowest BCUT2D eigenvalue weighted by molar-refractivity contribution is -0.161. The first-order chi connectivity index (χ1) is 42.8. The number of phosphoric ester groups is 1. The molecule has 0 spiro atoms. The number of carbonyl (C=O) groups is 2. The van der Waals surface area contributed by atoms with Crippen molar-refractivity contribution in [3.05, 3.63) is 97.2 Å². The SMILES string of the molecule is CC/C=C\C/C=C\C/C=C\C/C=C\C/C=C\C/C=C\C/C=C\CCCCCCCCCCCC(=O)OC(COC(=O)CCCCCCCCCCCCCCCCCCCCCCCCC/C=C\CCCCCCCCCC)COP(=O)(O)OCCN. The van der Waals surface area contributed by atoms with Gasteiger partial charge in [0, 0.05) is 19.4 Å². The Morgan fingerprint density at radius 3 is 0.954 bits per heavy atom. The minimum absolute atomic E-state index is 0.0497. The molecule has 0 amide bonds. The highest BCUT2D eigenvalue weighted by molar-refractivity contribution is 7.47. The monoisotopic (exact) mass is 1240 g/mol. The van der Waals surface area contributed by atoms with Crippen LogP contribution in [-0.2, 0) is 32.7 Å². The van der Waals surface area contributed by atoms with E-state index in [-0.39, 0.29) is 38.6 Å². The summed E-state index contributed by atoms with van der Waals surface area (Å²) in [6.45, 7) is 3.66. The van der Waals surface area contributed by atoms with E-state index in [4.69, 9.17) is 24.3 Å². The molecule has 0 heterocycles. The molecule has 10 heteroatoms. The van der Waals surface area contributed by atoms with Gasteiger partial charge in [-0.3, -0.25) is 18.6 Å². The Balaban J connectivity index is 3.86. The average Bonchev–Trinajstić information content (AvgIpc) is 3.66. The van der Waals surface area contributed by atoms with E-state index in [1.165, 1.54) is 225 Å². The third kappa shape index (κ3) is 71.9. The molecule has 2 unspecified atom stereocenters. The van der Waals surface area contributed by atoms with E-state index < -0.39 is 26.5 Å². The molecule has 0 aliphatic carbocycles. The van der Waals surface area contributed by atoms with Gasteiger partial charge in [0.1, 0.15) is 6.61 Å². The second-order valence-corrected chi connectivity index (χ2v) is 25.9. The number of ether oxygens (including phenoxy) is 2. The zero-order valence-corrected chi connectivity index (χ0v) is 57.6. The summed E-state index contributed by atoms with van der Waals surface area (Å²) in [4.78, 5) is 35.4. The van der Waals surface area contributed by atoms with Crippen molar-refractivity contribution in [3.8, 4) is 0 Å². The van der Waals surface area contributed by atoms with Gasteiger partial charge >= 0.3 is 19.8 Å².